The Morgan fingerprint density at radius 2 is 1.50 bits per heavy atom. The van der Waals surface area contributed by atoms with Gasteiger partial charge in [-0.2, -0.15) is 0 Å². The highest BCUT2D eigenvalue weighted by Crippen LogP contribution is 2.20. The number of aliphatic carboxylic acids is 1. The lowest BCUT2D eigenvalue weighted by molar-refractivity contribution is -0.142. The van der Waals surface area contributed by atoms with Crippen molar-refractivity contribution in [3.8, 4) is 0 Å². The van der Waals surface area contributed by atoms with Gasteiger partial charge in [0, 0.05) is 58.5 Å². The van der Waals surface area contributed by atoms with Crippen LogP contribution in [0.5, 0.6) is 0 Å². The molecule has 1 atom stereocenters. The highest BCUT2D eigenvalue weighted by atomic mass is 16.5. The van der Waals surface area contributed by atoms with Crippen LogP contribution in [0.3, 0.4) is 0 Å². The summed E-state index contributed by atoms with van der Waals surface area (Å²) >= 11 is 0. The molecule has 3 fully saturated rings. The second kappa shape index (κ2) is 8.13. The van der Waals surface area contributed by atoms with E-state index >= 15 is 0 Å². The number of rotatable bonds is 2. The molecule has 0 saturated carbocycles. The first-order chi connectivity index (χ1) is 11.6. The van der Waals surface area contributed by atoms with Crippen LogP contribution in [0.15, 0.2) is 0 Å². The standard InChI is InChI=1S/C16H27N3O5/c20-15(21)13-11-18(14-1-7-23-8-2-14)3-4-19(12-13)16(22)17-5-9-24-10-6-17/h13-14H,1-12H2,(H,20,21)/t13-/m1/s1. The molecule has 0 aromatic rings. The van der Waals surface area contributed by atoms with Gasteiger partial charge < -0.3 is 24.4 Å². The fraction of sp³-hybridized carbons (Fsp3) is 0.875. The number of nitrogens with zero attached hydrogens (tertiary/aromatic N) is 3. The van der Waals surface area contributed by atoms with Crippen molar-refractivity contribution >= 4 is 12.0 Å². The third-order valence-electron chi connectivity index (χ3n) is 5.16. The third kappa shape index (κ3) is 4.17. The van der Waals surface area contributed by atoms with Gasteiger partial charge in [0.1, 0.15) is 0 Å². The van der Waals surface area contributed by atoms with Crippen molar-refractivity contribution in [3.63, 3.8) is 0 Å². The molecule has 8 heteroatoms. The smallest absolute Gasteiger partial charge is 0.320 e. The number of ether oxygens (including phenoxy) is 2. The van der Waals surface area contributed by atoms with Gasteiger partial charge >= 0.3 is 12.0 Å². The molecular formula is C16H27N3O5. The van der Waals surface area contributed by atoms with E-state index in [4.69, 9.17) is 9.47 Å². The quantitative estimate of drug-likeness (QED) is 0.757. The number of carboxylic acid groups (broad SMARTS) is 1. The Morgan fingerprint density at radius 1 is 0.833 bits per heavy atom. The zero-order chi connectivity index (χ0) is 16.9. The first-order valence-electron chi connectivity index (χ1n) is 8.81. The van der Waals surface area contributed by atoms with Crippen molar-refractivity contribution in [1.82, 2.24) is 14.7 Å². The molecule has 2 amide bonds. The van der Waals surface area contributed by atoms with Gasteiger partial charge in [0.25, 0.3) is 0 Å². The molecule has 0 aromatic carbocycles. The maximum atomic E-state index is 12.7. The number of carbonyl (C=O) groups excluding carboxylic acids is 1. The predicted octanol–water partition coefficient (Wildman–Crippen LogP) is -0.0640. The maximum Gasteiger partial charge on any atom is 0.320 e. The molecule has 0 aliphatic carbocycles. The summed E-state index contributed by atoms with van der Waals surface area (Å²) in [7, 11) is 0. The SMILES string of the molecule is O=C(O)[C@H]1CN(C(=O)N2CCOCC2)CCN(C2CCOCC2)C1. The maximum absolute atomic E-state index is 12.7. The van der Waals surface area contributed by atoms with E-state index in [1.54, 1.807) is 9.80 Å². The predicted molar refractivity (Wildman–Crippen MR) is 85.9 cm³/mol. The van der Waals surface area contributed by atoms with Crippen LogP contribution in [0.2, 0.25) is 0 Å². The Kier molecular flexibility index (Phi) is 5.91. The van der Waals surface area contributed by atoms with E-state index in [2.05, 4.69) is 4.90 Å². The molecule has 3 heterocycles. The summed E-state index contributed by atoms with van der Waals surface area (Å²) in [6, 6.07) is 0.303. The van der Waals surface area contributed by atoms with E-state index in [1.165, 1.54) is 0 Å². The highest BCUT2D eigenvalue weighted by molar-refractivity contribution is 5.76. The van der Waals surface area contributed by atoms with Crippen LogP contribution in [-0.4, -0.2) is 104 Å². The fourth-order valence-electron chi connectivity index (χ4n) is 3.71. The van der Waals surface area contributed by atoms with Crippen molar-refractivity contribution < 1.29 is 24.2 Å². The van der Waals surface area contributed by atoms with Crippen molar-refractivity contribution in [2.45, 2.75) is 18.9 Å². The Bertz CT molecular complexity index is 449. The molecule has 0 spiro atoms. The van der Waals surface area contributed by atoms with E-state index in [0.29, 0.717) is 45.4 Å². The third-order valence-corrected chi connectivity index (χ3v) is 5.16. The van der Waals surface area contributed by atoms with Gasteiger partial charge in [0.15, 0.2) is 0 Å². The molecule has 3 rings (SSSR count). The Morgan fingerprint density at radius 3 is 2.17 bits per heavy atom. The van der Waals surface area contributed by atoms with Gasteiger partial charge in [0.05, 0.1) is 19.1 Å². The van der Waals surface area contributed by atoms with Gasteiger partial charge in [-0.15, -0.1) is 0 Å². The van der Waals surface area contributed by atoms with E-state index in [0.717, 1.165) is 32.6 Å². The van der Waals surface area contributed by atoms with Crippen molar-refractivity contribution in [2.24, 2.45) is 5.92 Å². The highest BCUT2D eigenvalue weighted by Gasteiger charge is 2.34. The second-order valence-corrected chi connectivity index (χ2v) is 6.70. The van der Waals surface area contributed by atoms with E-state index in [9.17, 15) is 14.7 Å². The summed E-state index contributed by atoms with van der Waals surface area (Å²) in [5.41, 5.74) is 0. The second-order valence-electron chi connectivity index (χ2n) is 6.70. The Hall–Kier alpha value is -1.38. The summed E-state index contributed by atoms with van der Waals surface area (Å²) in [6.45, 7) is 5.82. The topological polar surface area (TPSA) is 82.5 Å². The summed E-state index contributed by atoms with van der Waals surface area (Å²) in [5, 5.41) is 9.57. The van der Waals surface area contributed by atoms with Crippen LogP contribution in [0.25, 0.3) is 0 Å². The lowest BCUT2D eigenvalue weighted by Gasteiger charge is -2.34. The van der Waals surface area contributed by atoms with E-state index in [-0.39, 0.29) is 12.6 Å². The number of hydrogen-bond acceptors (Lipinski definition) is 5. The van der Waals surface area contributed by atoms with Crippen LogP contribution < -0.4 is 0 Å². The minimum Gasteiger partial charge on any atom is -0.481 e. The average molecular weight is 341 g/mol. The minimum absolute atomic E-state index is 0.0571. The molecular weight excluding hydrogens is 314 g/mol. The van der Waals surface area contributed by atoms with Crippen LogP contribution in [0, 0.1) is 5.92 Å². The molecule has 8 nitrogen and oxygen atoms in total. The van der Waals surface area contributed by atoms with E-state index in [1.807, 2.05) is 0 Å². The fourth-order valence-corrected chi connectivity index (χ4v) is 3.71. The molecule has 1 N–H and O–H groups in total. The van der Waals surface area contributed by atoms with Crippen LogP contribution in [0.4, 0.5) is 4.79 Å². The number of carboxylic acids is 1. The number of amides is 2. The van der Waals surface area contributed by atoms with Gasteiger partial charge in [-0.25, -0.2) is 4.79 Å². The Balaban J connectivity index is 1.66. The van der Waals surface area contributed by atoms with Crippen LogP contribution in [0.1, 0.15) is 12.8 Å². The largest absolute Gasteiger partial charge is 0.481 e. The van der Waals surface area contributed by atoms with Gasteiger partial charge in [0.2, 0.25) is 0 Å². The summed E-state index contributed by atoms with van der Waals surface area (Å²) in [4.78, 5) is 30.1. The monoisotopic (exact) mass is 341 g/mol. The minimum atomic E-state index is -0.825. The summed E-state index contributed by atoms with van der Waals surface area (Å²) in [6.07, 6.45) is 1.87. The lowest BCUT2D eigenvalue weighted by atomic mass is 10.0. The van der Waals surface area contributed by atoms with Crippen LogP contribution >= 0.6 is 0 Å². The zero-order valence-corrected chi connectivity index (χ0v) is 14.1. The molecule has 3 aliphatic heterocycles. The molecule has 3 saturated heterocycles. The van der Waals surface area contributed by atoms with Crippen LogP contribution in [-0.2, 0) is 14.3 Å². The van der Waals surface area contributed by atoms with E-state index < -0.39 is 11.9 Å². The number of morpholine rings is 1. The lowest BCUT2D eigenvalue weighted by Crippen LogP contribution is -2.50. The van der Waals surface area contributed by atoms with Gasteiger partial charge in [-0.05, 0) is 12.8 Å². The Labute approximate surface area is 142 Å². The summed E-state index contributed by atoms with van der Waals surface area (Å²) in [5.74, 6) is -1.37. The molecule has 0 unspecified atom stereocenters. The molecule has 136 valence electrons. The van der Waals surface area contributed by atoms with Crippen molar-refractivity contribution in [1.29, 1.82) is 0 Å². The number of hydrogen-bond donors (Lipinski definition) is 1. The zero-order valence-electron chi connectivity index (χ0n) is 14.1. The number of carbonyl (C=O) groups is 2. The average Bonchev–Trinajstić information content (AvgIpc) is 2.86. The normalized spacial score (nSPS) is 27.8. The first-order valence-corrected chi connectivity index (χ1v) is 8.81. The summed E-state index contributed by atoms with van der Waals surface area (Å²) < 4.78 is 10.7. The molecule has 0 radical (unpaired) electrons. The number of urea groups is 1. The van der Waals surface area contributed by atoms with Gasteiger partial charge in [-0.3, -0.25) is 9.69 Å². The molecule has 0 bridgehead atoms. The van der Waals surface area contributed by atoms with Gasteiger partial charge in [-0.1, -0.05) is 0 Å². The van der Waals surface area contributed by atoms with Crippen molar-refractivity contribution in [2.75, 3.05) is 65.7 Å². The molecule has 0 aromatic heterocycles. The molecule has 24 heavy (non-hydrogen) atoms. The van der Waals surface area contributed by atoms with Crippen molar-refractivity contribution in [3.05, 3.63) is 0 Å². The molecule has 3 aliphatic rings. The first kappa shape index (κ1) is 17.4.